The third-order valence-corrected chi connectivity index (χ3v) is 10.1. The van der Waals surface area contributed by atoms with Gasteiger partial charge in [-0.15, -0.1) is 0 Å². The van der Waals surface area contributed by atoms with Gasteiger partial charge in [-0.05, 0) is 127 Å². The van der Waals surface area contributed by atoms with E-state index in [0.29, 0.717) is 51.5 Å². The highest BCUT2D eigenvalue weighted by molar-refractivity contribution is 5.82. The fourth-order valence-electron chi connectivity index (χ4n) is 5.79. The van der Waals surface area contributed by atoms with Crippen molar-refractivity contribution in [2.45, 2.75) is 222 Å². The number of nitrogens with one attached hydrogen (secondary N) is 3. The molecular weight excluding hydrogens is 626 g/mol. The second-order valence-corrected chi connectivity index (χ2v) is 19.0. The summed E-state index contributed by atoms with van der Waals surface area (Å²) in [5.41, 5.74) is -2.21. The molecule has 0 bridgehead atoms. The molecule has 0 aromatic heterocycles. The summed E-state index contributed by atoms with van der Waals surface area (Å²) in [5, 5.41) is 9.90. The molecular formula is C42H85N3O5. The lowest BCUT2D eigenvalue weighted by molar-refractivity contribution is -0.133. The molecule has 0 fully saturated rings. The van der Waals surface area contributed by atoms with Crippen LogP contribution in [0.4, 0.5) is 0 Å². The fourth-order valence-corrected chi connectivity index (χ4v) is 5.79. The van der Waals surface area contributed by atoms with Crippen molar-refractivity contribution >= 4 is 11.8 Å². The second-order valence-electron chi connectivity index (χ2n) is 19.0. The van der Waals surface area contributed by atoms with Gasteiger partial charge in [0.15, 0.2) is 0 Å². The smallest absolute Gasteiger partial charge is 0.226 e. The van der Waals surface area contributed by atoms with Crippen LogP contribution in [0.5, 0.6) is 0 Å². The van der Waals surface area contributed by atoms with Crippen molar-refractivity contribution in [1.29, 1.82) is 0 Å². The van der Waals surface area contributed by atoms with Gasteiger partial charge in [-0.1, -0.05) is 67.2 Å². The fraction of sp³-hybridized carbons (Fsp3) is 0.952. The Morgan fingerprint density at radius 3 is 1.58 bits per heavy atom. The van der Waals surface area contributed by atoms with Crippen LogP contribution in [0.15, 0.2) is 0 Å². The zero-order chi connectivity index (χ0) is 38.9. The molecule has 0 saturated carbocycles. The molecule has 0 aliphatic heterocycles. The number of carbonyl (C=O) groups excluding carboxylic acids is 2. The van der Waals surface area contributed by atoms with Crippen LogP contribution in [0, 0.1) is 11.3 Å². The lowest BCUT2D eigenvalue weighted by Gasteiger charge is -2.34. The Morgan fingerprint density at radius 2 is 1.08 bits per heavy atom. The van der Waals surface area contributed by atoms with Crippen molar-refractivity contribution in [1.82, 2.24) is 16.0 Å². The number of amides is 2. The zero-order valence-corrected chi connectivity index (χ0v) is 36.0. The van der Waals surface area contributed by atoms with Gasteiger partial charge < -0.3 is 30.2 Å². The Labute approximate surface area is 310 Å². The highest BCUT2D eigenvalue weighted by Crippen LogP contribution is 2.27. The maximum Gasteiger partial charge on any atom is 0.226 e. The Balaban J connectivity index is 4.60. The van der Waals surface area contributed by atoms with Crippen LogP contribution >= 0.6 is 0 Å². The summed E-state index contributed by atoms with van der Waals surface area (Å²) in [6, 6.07) is 0.454. The molecule has 0 spiro atoms. The molecule has 0 radical (unpaired) electrons. The highest BCUT2D eigenvalue weighted by atomic mass is 16.5. The normalized spacial score (nSPS) is 14.3. The summed E-state index contributed by atoms with van der Waals surface area (Å²) in [7, 11) is 0. The predicted molar refractivity (Wildman–Crippen MR) is 212 cm³/mol. The Hall–Kier alpha value is -1.22. The van der Waals surface area contributed by atoms with E-state index < -0.39 is 16.6 Å². The minimum Gasteiger partial charge on any atom is -0.375 e. The first-order chi connectivity index (χ1) is 22.8. The van der Waals surface area contributed by atoms with Crippen LogP contribution in [0.3, 0.4) is 0 Å². The molecule has 0 heterocycles. The summed E-state index contributed by atoms with van der Waals surface area (Å²) in [6.45, 7) is 36.2. The predicted octanol–water partition coefficient (Wildman–Crippen LogP) is 9.52. The van der Waals surface area contributed by atoms with E-state index in [1.165, 1.54) is 32.1 Å². The first-order valence-electron chi connectivity index (χ1n) is 20.0. The largest absolute Gasteiger partial charge is 0.375 e. The van der Waals surface area contributed by atoms with E-state index >= 15 is 0 Å². The quantitative estimate of drug-likeness (QED) is 0.0715. The van der Waals surface area contributed by atoms with Gasteiger partial charge in [0.25, 0.3) is 0 Å². The summed E-state index contributed by atoms with van der Waals surface area (Å²) in [5.74, 6) is 0.829. The van der Waals surface area contributed by atoms with Crippen LogP contribution in [-0.2, 0) is 23.8 Å². The van der Waals surface area contributed by atoms with Crippen molar-refractivity contribution < 1.29 is 23.8 Å². The standard InChI is InChI=1S/C42H85N3O5/c1-17-19-20-34(18-2)21-23-40(11,12)49-31-27-38(7,8)44-35(46)22-24-41(13,14)50-32-28-39(9,10)45-36(47)37(5,6)26-30-48-42(15,16)25-29-43-33(3)4/h33-34,43H,17-32H2,1-16H3,(H,44,46)(H,45,47). The van der Waals surface area contributed by atoms with Crippen molar-refractivity contribution in [3.63, 3.8) is 0 Å². The summed E-state index contributed by atoms with van der Waals surface area (Å²) in [4.78, 5) is 26.2. The third-order valence-electron chi connectivity index (χ3n) is 10.1. The molecule has 1 atom stereocenters. The number of rotatable bonds is 29. The maximum atomic E-state index is 13.3. The molecule has 0 aromatic carbocycles. The molecule has 50 heavy (non-hydrogen) atoms. The van der Waals surface area contributed by atoms with E-state index in [9.17, 15) is 9.59 Å². The van der Waals surface area contributed by atoms with E-state index in [0.717, 1.165) is 31.7 Å². The number of ether oxygens (including phenoxy) is 3. The van der Waals surface area contributed by atoms with E-state index in [-0.39, 0.29) is 28.6 Å². The molecule has 0 rings (SSSR count). The molecule has 8 nitrogen and oxygen atoms in total. The third kappa shape index (κ3) is 24.1. The average molecular weight is 712 g/mol. The first-order valence-corrected chi connectivity index (χ1v) is 20.0. The molecule has 0 aliphatic rings. The van der Waals surface area contributed by atoms with Gasteiger partial charge in [-0.2, -0.15) is 0 Å². The first kappa shape index (κ1) is 48.8. The van der Waals surface area contributed by atoms with Crippen LogP contribution in [-0.4, -0.2) is 72.1 Å². The molecule has 0 aromatic rings. The molecule has 0 aliphatic carbocycles. The van der Waals surface area contributed by atoms with Gasteiger partial charge in [0.1, 0.15) is 0 Å². The van der Waals surface area contributed by atoms with Gasteiger partial charge in [0, 0.05) is 48.8 Å². The van der Waals surface area contributed by atoms with Gasteiger partial charge >= 0.3 is 0 Å². The number of carbonyl (C=O) groups is 2. The van der Waals surface area contributed by atoms with Crippen molar-refractivity contribution in [3.05, 3.63) is 0 Å². The lowest BCUT2D eigenvalue weighted by atomic mass is 9.86. The second kappa shape index (κ2) is 22.1. The molecule has 2 amide bonds. The van der Waals surface area contributed by atoms with Crippen molar-refractivity contribution in [2.24, 2.45) is 11.3 Å². The molecule has 298 valence electrons. The van der Waals surface area contributed by atoms with Gasteiger partial charge in [-0.3, -0.25) is 9.59 Å². The molecule has 8 heteroatoms. The van der Waals surface area contributed by atoms with Gasteiger partial charge in [0.05, 0.1) is 16.8 Å². The minimum absolute atomic E-state index is 0.0189. The van der Waals surface area contributed by atoms with E-state index in [2.05, 4.69) is 85.2 Å². The van der Waals surface area contributed by atoms with E-state index in [1.54, 1.807) is 0 Å². The number of hydrogen-bond donors (Lipinski definition) is 3. The Bertz CT molecular complexity index is 955. The molecule has 0 saturated heterocycles. The van der Waals surface area contributed by atoms with Crippen LogP contribution < -0.4 is 16.0 Å². The monoisotopic (exact) mass is 712 g/mol. The summed E-state index contributed by atoms with van der Waals surface area (Å²) < 4.78 is 18.8. The van der Waals surface area contributed by atoms with E-state index in [4.69, 9.17) is 14.2 Å². The highest BCUT2D eigenvalue weighted by Gasteiger charge is 2.33. The SMILES string of the molecule is CCCCC(CC)CCC(C)(C)OCCC(C)(C)NC(=O)CCC(C)(C)OCCC(C)(C)NC(=O)C(C)(C)CCOC(C)(C)CCNC(C)C. The summed E-state index contributed by atoms with van der Waals surface area (Å²) in [6.07, 6.45) is 11.4. The van der Waals surface area contributed by atoms with Gasteiger partial charge in [-0.25, -0.2) is 0 Å². The minimum atomic E-state index is -0.556. The zero-order valence-electron chi connectivity index (χ0n) is 36.0. The maximum absolute atomic E-state index is 13.3. The molecule has 3 N–H and O–H groups in total. The van der Waals surface area contributed by atoms with E-state index in [1.807, 2.05) is 41.5 Å². The lowest BCUT2D eigenvalue weighted by Crippen LogP contribution is -2.50. The van der Waals surface area contributed by atoms with Crippen molar-refractivity contribution in [3.8, 4) is 0 Å². The van der Waals surface area contributed by atoms with Crippen LogP contribution in [0.2, 0.25) is 0 Å². The van der Waals surface area contributed by atoms with Crippen molar-refractivity contribution in [2.75, 3.05) is 26.4 Å². The van der Waals surface area contributed by atoms with Crippen LogP contribution in [0.25, 0.3) is 0 Å². The number of hydrogen-bond acceptors (Lipinski definition) is 6. The molecule has 1 unspecified atom stereocenters. The van der Waals surface area contributed by atoms with Gasteiger partial charge in [0.2, 0.25) is 11.8 Å². The Morgan fingerprint density at radius 1 is 0.600 bits per heavy atom. The Kier molecular flexibility index (Phi) is 21.6. The topological polar surface area (TPSA) is 97.9 Å². The number of unbranched alkanes of at least 4 members (excludes halogenated alkanes) is 1. The summed E-state index contributed by atoms with van der Waals surface area (Å²) >= 11 is 0. The van der Waals surface area contributed by atoms with Crippen LogP contribution in [0.1, 0.15) is 188 Å². The average Bonchev–Trinajstić information content (AvgIpc) is 2.94.